The van der Waals surface area contributed by atoms with Crippen molar-refractivity contribution in [2.75, 3.05) is 12.4 Å². The molecule has 1 aromatic carbocycles. The molecule has 0 bridgehead atoms. The number of aromatic nitrogens is 1. The summed E-state index contributed by atoms with van der Waals surface area (Å²) >= 11 is 1.53. The Hall–Kier alpha value is -2.12. The highest BCUT2D eigenvalue weighted by Crippen LogP contribution is 2.51. The minimum Gasteiger partial charge on any atom is -0.487 e. The summed E-state index contributed by atoms with van der Waals surface area (Å²) in [7, 11) is 0. The summed E-state index contributed by atoms with van der Waals surface area (Å²) in [5, 5.41) is 0.559. The van der Waals surface area contributed by atoms with E-state index in [1.165, 1.54) is 18.0 Å². The Kier molecular flexibility index (Phi) is 3.68. The highest BCUT2D eigenvalue weighted by Gasteiger charge is 2.54. The van der Waals surface area contributed by atoms with Gasteiger partial charge in [-0.05, 0) is 42.7 Å². The third-order valence-electron chi connectivity index (χ3n) is 5.28. The van der Waals surface area contributed by atoms with Gasteiger partial charge in [-0.15, -0.1) is 0 Å². The Balaban J connectivity index is 1.69. The van der Waals surface area contributed by atoms with E-state index in [-0.39, 0.29) is 12.2 Å². The zero-order valence-electron chi connectivity index (χ0n) is 14.0. The van der Waals surface area contributed by atoms with Crippen LogP contribution in [0.4, 0.5) is 4.39 Å². The topological polar surface area (TPSA) is 69.7 Å². The number of nitrogens with zero attached hydrogens (tertiary/aromatic N) is 2. The van der Waals surface area contributed by atoms with E-state index in [0.29, 0.717) is 23.1 Å². The summed E-state index contributed by atoms with van der Waals surface area (Å²) in [6.07, 6.45) is 3.14. The number of pyridine rings is 1. The second-order valence-electron chi connectivity index (χ2n) is 6.81. The molecule has 1 aromatic heterocycles. The molecule has 0 saturated carbocycles. The van der Waals surface area contributed by atoms with Crippen molar-refractivity contribution in [3.63, 3.8) is 0 Å². The van der Waals surface area contributed by atoms with Crippen LogP contribution in [0.2, 0.25) is 0 Å². The van der Waals surface area contributed by atoms with Gasteiger partial charge in [-0.3, -0.25) is 0 Å². The molecule has 5 rings (SSSR count). The number of rotatable bonds is 1. The predicted octanol–water partition coefficient (Wildman–Crippen LogP) is 3.08. The van der Waals surface area contributed by atoms with Crippen molar-refractivity contribution >= 4 is 16.9 Å². The predicted molar refractivity (Wildman–Crippen MR) is 98.8 cm³/mol. The molecule has 1 saturated heterocycles. The molecule has 1 spiro atoms. The van der Waals surface area contributed by atoms with Gasteiger partial charge in [-0.2, -0.15) is 4.39 Å². The number of halogens is 1. The van der Waals surface area contributed by atoms with Gasteiger partial charge in [0.05, 0.1) is 0 Å². The average molecular weight is 371 g/mol. The lowest BCUT2D eigenvalue weighted by molar-refractivity contribution is -0.108. The van der Waals surface area contributed by atoms with Crippen molar-refractivity contribution in [1.29, 1.82) is 0 Å². The molecule has 2 N–H and O–H groups in total. The lowest BCUT2D eigenvalue weighted by Gasteiger charge is -2.46. The lowest BCUT2D eigenvalue weighted by Crippen LogP contribution is -2.55. The highest BCUT2D eigenvalue weighted by atomic mass is 32.2. The molecule has 1 fully saturated rings. The first-order valence-electron chi connectivity index (χ1n) is 8.69. The fourth-order valence-electron chi connectivity index (χ4n) is 4.10. The van der Waals surface area contributed by atoms with Crippen LogP contribution in [0.3, 0.4) is 0 Å². The van der Waals surface area contributed by atoms with E-state index >= 15 is 0 Å². The molecule has 0 radical (unpaired) electrons. The average Bonchev–Trinajstić information content (AvgIpc) is 3.05. The number of hydrogen-bond donors (Lipinski definition) is 1. The van der Waals surface area contributed by atoms with E-state index in [1.807, 2.05) is 18.2 Å². The molecule has 3 atom stereocenters. The van der Waals surface area contributed by atoms with Crippen molar-refractivity contribution < 1.29 is 13.9 Å². The van der Waals surface area contributed by atoms with Gasteiger partial charge in [0.25, 0.3) is 0 Å². The third kappa shape index (κ3) is 2.34. The van der Waals surface area contributed by atoms with Gasteiger partial charge in [0.15, 0.2) is 5.17 Å². The van der Waals surface area contributed by atoms with E-state index < -0.39 is 11.5 Å². The molecule has 0 aliphatic carbocycles. The normalized spacial score (nSPS) is 29.7. The maximum absolute atomic E-state index is 14.2. The smallest absolute Gasteiger partial charge is 0.220 e. The van der Waals surface area contributed by atoms with Gasteiger partial charge in [-0.25, -0.2) is 9.98 Å². The first-order chi connectivity index (χ1) is 12.7. The minimum atomic E-state index is -0.581. The molecule has 2 unspecified atom stereocenters. The molecular formula is C19H18FN3O2S. The third-order valence-corrected chi connectivity index (χ3v) is 6.25. The van der Waals surface area contributed by atoms with Crippen LogP contribution in [0, 0.1) is 5.95 Å². The van der Waals surface area contributed by atoms with Crippen LogP contribution in [0.15, 0.2) is 41.5 Å². The largest absolute Gasteiger partial charge is 0.487 e. The van der Waals surface area contributed by atoms with Crippen LogP contribution in [-0.2, 0) is 10.3 Å². The minimum absolute atomic E-state index is 0.0347. The molecular weight excluding hydrogens is 353 g/mol. The van der Waals surface area contributed by atoms with Gasteiger partial charge in [0, 0.05) is 29.7 Å². The van der Waals surface area contributed by atoms with Crippen molar-refractivity contribution in [1.82, 2.24) is 4.98 Å². The fourth-order valence-corrected chi connectivity index (χ4v) is 5.08. The quantitative estimate of drug-likeness (QED) is 0.780. The number of aliphatic imine (C=N–C) groups is 1. The maximum Gasteiger partial charge on any atom is 0.220 e. The SMILES string of the molecule is NC1=NC2(CS1)c1cc(-c3cccnc3F)ccc1OC1CCCO[C@@H]12. The van der Waals surface area contributed by atoms with E-state index in [2.05, 4.69) is 4.98 Å². The van der Waals surface area contributed by atoms with Gasteiger partial charge in [-0.1, -0.05) is 17.8 Å². The molecule has 26 heavy (non-hydrogen) atoms. The Morgan fingerprint density at radius 3 is 3.04 bits per heavy atom. The van der Waals surface area contributed by atoms with E-state index in [9.17, 15) is 4.39 Å². The molecule has 3 aliphatic rings. The zero-order chi connectivity index (χ0) is 17.7. The highest BCUT2D eigenvalue weighted by molar-refractivity contribution is 8.14. The van der Waals surface area contributed by atoms with Gasteiger partial charge in [0.1, 0.15) is 23.5 Å². The molecule has 5 nitrogen and oxygen atoms in total. The molecule has 2 aromatic rings. The molecule has 134 valence electrons. The number of amidine groups is 1. The Labute approximate surface area is 154 Å². The first kappa shape index (κ1) is 16.1. The van der Waals surface area contributed by atoms with Crippen LogP contribution < -0.4 is 10.5 Å². The number of nitrogens with two attached hydrogens (primary N) is 1. The van der Waals surface area contributed by atoms with Crippen LogP contribution in [-0.4, -0.2) is 34.7 Å². The first-order valence-corrected chi connectivity index (χ1v) is 9.68. The van der Waals surface area contributed by atoms with Gasteiger partial charge >= 0.3 is 0 Å². The van der Waals surface area contributed by atoms with Crippen molar-refractivity contribution in [3.8, 4) is 16.9 Å². The lowest BCUT2D eigenvalue weighted by atomic mass is 9.78. The van der Waals surface area contributed by atoms with Crippen LogP contribution in [0.25, 0.3) is 11.1 Å². The summed E-state index contributed by atoms with van der Waals surface area (Å²) in [4.78, 5) is 8.57. The van der Waals surface area contributed by atoms with Gasteiger partial charge < -0.3 is 15.2 Å². The summed E-state index contributed by atoms with van der Waals surface area (Å²) in [5.74, 6) is 0.993. The van der Waals surface area contributed by atoms with Crippen molar-refractivity contribution in [2.45, 2.75) is 30.6 Å². The standard InChI is InChI=1S/C19H18FN3O2S/c20-17-12(3-1-7-22-17)11-5-6-14-13(9-11)19(10-26-18(21)23-19)16-15(25-14)4-2-8-24-16/h1,3,5-7,9,15-16H,2,4,8,10H2,(H2,21,23)/t15?,16-,19?/m0/s1. The molecule has 7 heteroatoms. The maximum atomic E-state index is 14.2. The van der Waals surface area contributed by atoms with Crippen LogP contribution in [0.1, 0.15) is 18.4 Å². The number of fused-ring (bicyclic) bond motifs is 4. The zero-order valence-corrected chi connectivity index (χ0v) is 14.8. The summed E-state index contributed by atoms with van der Waals surface area (Å²) < 4.78 is 26.5. The Morgan fingerprint density at radius 1 is 1.31 bits per heavy atom. The summed E-state index contributed by atoms with van der Waals surface area (Å²) in [5.41, 5.74) is 7.57. The van der Waals surface area contributed by atoms with Crippen LogP contribution in [0.5, 0.6) is 5.75 Å². The Morgan fingerprint density at radius 2 is 2.23 bits per heavy atom. The van der Waals surface area contributed by atoms with Gasteiger partial charge in [0.2, 0.25) is 5.95 Å². The summed E-state index contributed by atoms with van der Waals surface area (Å²) in [6.45, 7) is 0.693. The number of thioether (sulfide) groups is 1. The molecule has 3 aliphatic heterocycles. The molecule has 4 heterocycles. The van der Waals surface area contributed by atoms with Crippen LogP contribution >= 0.6 is 11.8 Å². The van der Waals surface area contributed by atoms with E-state index in [4.69, 9.17) is 20.2 Å². The van der Waals surface area contributed by atoms with Crippen molar-refractivity contribution in [2.24, 2.45) is 10.7 Å². The van der Waals surface area contributed by atoms with E-state index in [1.54, 1.807) is 12.1 Å². The van der Waals surface area contributed by atoms with Crippen molar-refractivity contribution in [3.05, 3.63) is 48.0 Å². The molecule has 0 amide bonds. The Bertz CT molecular complexity index is 906. The number of hydrogen-bond acceptors (Lipinski definition) is 6. The fraction of sp³-hybridized carbons (Fsp3) is 0.368. The second kappa shape index (κ2) is 5.96. The monoisotopic (exact) mass is 371 g/mol. The number of ether oxygens (including phenoxy) is 2. The second-order valence-corrected chi connectivity index (χ2v) is 7.80. The summed E-state index contributed by atoms with van der Waals surface area (Å²) in [6, 6.07) is 9.17. The van der Waals surface area contributed by atoms with E-state index in [0.717, 1.165) is 29.7 Å². The number of benzene rings is 1.